The first-order chi connectivity index (χ1) is 15.2. The van der Waals surface area contributed by atoms with E-state index in [1.807, 2.05) is 24.3 Å². The Morgan fingerprint density at radius 3 is 2.03 bits per heavy atom. The number of pyridine rings is 1. The molecule has 3 rings (SSSR count). The predicted octanol–water partition coefficient (Wildman–Crippen LogP) is 4.32. The van der Waals surface area contributed by atoms with Crippen LogP contribution in [0.3, 0.4) is 0 Å². The van der Waals surface area contributed by atoms with E-state index in [0.717, 1.165) is 17.7 Å². The van der Waals surface area contributed by atoms with E-state index in [9.17, 15) is 18.3 Å². The normalized spacial score (nSPS) is 11.5. The highest BCUT2D eigenvalue weighted by Gasteiger charge is 2.38. The third kappa shape index (κ3) is 8.08. The van der Waals surface area contributed by atoms with Gasteiger partial charge >= 0.3 is 12.1 Å². The van der Waals surface area contributed by atoms with Gasteiger partial charge in [0.2, 0.25) is 0 Å². The van der Waals surface area contributed by atoms with Crippen molar-refractivity contribution in [2.24, 2.45) is 0 Å². The molecule has 0 fully saturated rings. The minimum atomic E-state index is -5.08. The summed E-state index contributed by atoms with van der Waals surface area (Å²) in [7, 11) is 0. The van der Waals surface area contributed by atoms with Crippen LogP contribution in [0.25, 0.3) is 0 Å². The molecule has 6 nitrogen and oxygen atoms in total. The molecular weight excluding hydrogens is 423 g/mol. The number of hydrogen-bond donors (Lipinski definition) is 3. The molecule has 0 aliphatic rings. The third-order valence-electron chi connectivity index (χ3n) is 4.28. The first-order valence-corrected chi connectivity index (χ1v) is 9.39. The molecule has 2 aromatic carbocycles. The summed E-state index contributed by atoms with van der Waals surface area (Å²) >= 11 is 0. The summed E-state index contributed by atoms with van der Waals surface area (Å²) in [4.78, 5) is 12.9. The highest BCUT2D eigenvalue weighted by atomic mass is 19.4. The van der Waals surface area contributed by atoms with Gasteiger partial charge in [0.1, 0.15) is 0 Å². The number of carbonyl (C=O) groups is 1. The van der Waals surface area contributed by atoms with Gasteiger partial charge in [0, 0.05) is 24.6 Å². The summed E-state index contributed by atoms with van der Waals surface area (Å²) in [5.41, 5.74) is 4.80. The second-order valence-electron chi connectivity index (χ2n) is 6.66. The maximum absolute atomic E-state index is 10.6. The van der Waals surface area contributed by atoms with Gasteiger partial charge in [0.05, 0.1) is 17.7 Å². The van der Waals surface area contributed by atoms with Crippen molar-refractivity contribution in [2.45, 2.75) is 18.7 Å². The van der Waals surface area contributed by atoms with Crippen LogP contribution >= 0.6 is 0 Å². The van der Waals surface area contributed by atoms with Gasteiger partial charge in [-0.05, 0) is 59.5 Å². The van der Waals surface area contributed by atoms with E-state index < -0.39 is 18.2 Å². The van der Waals surface area contributed by atoms with Crippen LogP contribution in [-0.4, -0.2) is 33.9 Å². The molecule has 0 radical (unpaired) electrons. The number of aliphatic hydroxyl groups is 1. The van der Waals surface area contributed by atoms with Crippen LogP contribution in [0.15, 0.2) is 73.1 Å². The van der Waals surface area contributed by atoms with Gasteiger partial charge in [-0.25, -0.2) is 4.79 Å². The number of nitriles is 1. The molecule has 1 heterocycles. The number of carboxylic acid groups (broad SMARTS) is 1. The number of hydrogen-bond acceptors (Lipinski definition) is 5. The lowest BCUT2D eigenvalue weighted by atomic mass is 10.1. The van der Waals surface area contributed by atoms with Crippen LogP contribution in [0.1, 0.15) is 28.4 Å². The van der Waals surface area contributed by atoms with Crippen molar-refractivity contribution >= 4 is 11.7 Å². The molecule has 9 heteroatoms. The van der Waals surface area contributed by atoms with E-state index in [1.165, 1.54) is 11.1 Å². The highest BCUT2D eigenvalue weighted by molar-refractivity contribution is 5.73. The SMILES string of the molecule is N#Cc1ccc(C(O)CNc2ccc(Cc3ccncc3)cc2)cc1.O=C(O)C(F)(F)F. The van der Waals surface area contributed by atoms with E-state index in [2.05, 4.69) is 28.5 Å². The van der Waals surface area contributed by atoms with Gasteiger partial charge in [-0.15, -0.1) is 0 Å². The van der Waals surface area contributed by atoms with Crippen LogP contribution in [0.2, 0.25) is 0 Å². The Kier molecular flexibility index (Phi) is 8.74. The zero-order valence-corrected chi connectivity index (χ0v) is 16.8. The Hall–Kier alpha value is -3.90. The zero-order valence-electron chi connectivity index (χ0n) is 16.8. The van der Waals surface area contributed by atoms with Gasteiger partial charge in [0.25, 0.3) is 0 Å². The fraction of sp³-hybridized carbons (Fsp3) is 0.174. The Morgan fingerprint density at radius 2 is 1.53 bits per heavy atom. The average molecular weight is 443 g/mol. The molecule has 1 atom stereocenters. The second-order valence-corrected chi connectivity index (χ2v) is 6.66. The fourth-order valence-corrected chi connectivity index (χ4v) is 2.59. The Bertz CT molecular complexity index is 1030. The van der Waals surface area contributed by atoms with Crippen molar-refractivity contribution < 1.29 is 28.2 Å². The van der Waals surface area contributed by atoms with Gasteiger partial charge < -0.3 is 15.5 Å². The smallest absolute Gasteiger partial charge is 0.475 e. The quantitative estimate of drug-likeness (QED) is 0.524. The standard InChI is InChI=1S/C21H19N3O.C2HF3O2/c22-14-18-1-5-19(6-2-18)21(25)15-24-20-7-3-16(4-8-20)13-17-9-11-23-12-10-17;3-2(4,5)1(6)7/h1-12,21,24-25H,13,15H2;(H,6,7). The Labute approximate surface area is 182 Å². The minimum Gasteiger partial charge on any atom is -0.475 e. The molecule has 3 N–H and O–H groups in total. The van der Waals surface area contributed by atoms with E-state index in [1.54, 1.807) is 36.7 Å². The lowest BCUT2D eigenvalue weighted by Gasteiger charge is -2.13. The molecule has 1 aromatic heterocycles. The monoisotopic (exact) mass is 443 g/mol. The van der Waals surface area contributed by atoms with E-state index >= 15 is 0 Å². The summed E-state index contributed by atoms with van der Waals surface area (Å²) in [6, 6.07) is 21.3. The molecule has 166 valence electrons. The van der Waals surface area contributed by atoms with Crippen molar-refractivity contribution in [3.63, 3.8) is 0 Å². The highest BCUT2D eigenvalue weighted by Crippen LogP contribution is 2.17. The van der Waals surface area contributed by atoms with Crippen molar-refractivity contribution in [1.29, 1.82) is 5.26 Å². The average Bonchev–Trinajstić information content (AvgIpc) is 2.79. The van der Waals surface area contributed by atoms with Gasteiger partial charge in [-0.1, -0.05) is 24.3 Å². The fourth-order valence-electron chi connectivity index (χ4n) is 2.59. The van der Waals surface area contributed by atoms with Crippen molar-refractivity contribution in [3.8, 4) is 6.07 Å². The summed E-state index contributed by atoms with van der Waals surface area (Å²) in [6.45, 7) is 0.412. The Morgan fingerprint density at radius 1 is 1.00 bits per heavy atom. The number of rotatable bonds is 6. The summed E-state index contributed by atoms with van der Waals surface area (Å²) in [6.07, 6.45) is -1.23. The number of aromatic nitrogens is 1. The molecule has 0 aliphatic heterocycles. The van der Waals surface area contributed by atoms with Gasteiger partial charge in [-0.3, -0.25) is 4.98 Å². The lowest BCUT2D eigenvalue weighted by molar-refractivity contribution is -0.192. The van der Waals surface area contributed by atoms with E-state index in [0.29, 0.717) is 12.1 Å². The largest absolute Gasteiger partial charge is 0.490 e. The molecule has 0 amide bonds. The van der Waals surface area contributed by atoms with Crippen LogP contribution < -0.4 is 5.32 Å². The number of nitrogens with zero attached hydrogens (tertiary/aromatic N) is 2. The van der Waals surface area contributed by atoms with Crippen molar-refractivity contribution in [3.05, 3.63) is 95.3 Å². The third-order valence-corrected chi connectivity index (χ3v) is 4.28. The second kappa shape index (κ2) is 11.5. The van der Waals surface area contributed by atoms with Gasteiger partial charge in [0.15, 0.2) is 0 Å². The Balaban J connectivity index is 0.000000451. The molecule has 1 unspecified atom stereocenters. The summed E-state index contributed by atoms with van der Waals surface area (Å²) in [5.74, 6) is -2.76. The van der Waals surface area contributed by atoms with Crippen LogP contribution in [-0.2, 0) is 11.2 Å². The molecule has 3 aromatic rings. The number of nitrogens with one attached hydrogen (secondary N) is 1. The molecule has 32 heavy (non-hydrogen) atoms. The minimum absolute atomic E-state index is 0.412. The van der Waals surface area contributed by atoms with Crippen LogP contribution in [0, 0.1) is 11.3 Å². The molecular formula is C23H20F3N3O3. The number of benzene rings is 2. The number of halogens is 3. The van der Waals surface area contributed by atoms with E-state index in [-0.39, 0.29) is 0 Å². The number of carboxylic acids is 1. The first kappa shape index (κ1) is 24.4. The summed E-state index contributed by atoms with van der Waals surface area (Å²) in [5, 5.41) is 29.4. The van der Waals surface area contributed by atoms with E-state index in [4.69, 9.17) is 15.2 Å². The number of aliphatic carboxylic acids is 1. The lowest BCUT2D eigenvalue weighted by Crippen LogP contribution is -2.21. The van der Waals surface area contributed by atoms with Crippen LogP contribution in [0.4, 0.5) is 18.9 Å². The molecule has 0 bridgehead atoms. The van der Waals surface area contributed by atoms with Crippen molar-refractivity contribution in [1.82, 2.24) is 4.98 Å². The molecule has 0 spiro atoms. The van der Waals surface area contributed by atoms with Gasteiger partial charge in [-0.2, -0.15) is 18.4 Å². The predicted molar refractivity (Wildman–Crippen MR) is 112 cm³/mol. The molecule has 0 saturated heterocycles. The molecule has 0 aliphatic carbocycles. The number of aliphatic hydroxyl groups excluding tert-OH is 1. The first-order valence-electron chi connectivity index (χ1n) is 9.39. The number of anilines is 1. The van der Waals surface area contributed by atoms with Crippen molar-refractivity contribution in [2.75, 3.05) is 11.9 Å². The topological polar surface area (TPSA) is 106 Å². The summed E-state index contributed by atoms with van der Waals surface area (Å²) < 4.78 is 31.7. The maximum Gasteiger partial charge on any atom is 0.490 e. The maximum atomic E-state index is 10.6. The molecule has 0 saturated carbocycles. The van der Waals surface area contributed by atoms with Crippen LogP contribution in [0.5, 0.6) is 0 Å². The zero-order chi connectivity index (χ0) is 23.6. The number of alkyl halides is 3.